The number of sulfonamides is 1. The summed E-state index contributed by atoms with van der Waals surface area (Å²) in [6.45, 7) is 2.22. The lowest BCUT2D eigenvalue weighted by atomic mass is 10.2. The molecule has 0 unspecified atom stereocenters. The molecular weight excluding hydrogens is 301 g/mol. The standard InChI is InChI=1S/C17H18FNO2S/c1-2-19(14-16-9-6-10-17(18)13-16)22(20,21)12-11-15-7-4-3-5-8-15/h3-13H,2,14H2,1H3/b12-11+. The smallest absolute Gasteiger partial charge is 0.207 e. The molecule has 0 saturated carbocycles. The van der Waals surface area contributed by atoms with Gasteiger partial charge in [0.05, 0.1) is 0 Å². The van der Waals surface area contributed by atoms with Crippen molar-refractivity contribution in [2.45, 2.75) is 13.5 Å². The van der Waals surface area contributed by atoms with E-state index in [4.69, 9.17) is 0 Å². The van der Waals surface area contributed by atoms with Crippen molar-refractivity contribution in [3.05, 3.63) is 76.9 Å². The first-order chi connectivity index (χ1) is 10.5. The molecule has 3 nitrogen and oxygen atoms in total. The van der Waals surface area contributed by atoms with Crippen LogP contribution < -0.4 is 0 Å². The molecule has 0 aliphatic rings. The highest BCUT2D eigenvalue weighted by Gasteiger charge is 2.17. The molecule has 5 heteroatoms. The number of halogens is 1. The van der Waals surface area contributed by atoms with Gasteiger partial charge in [0.2, 0.25) is 10.0 Å². The van der Waals surface area contributed by atoms with Crippen LogP contribution in [-0.4, -0.2) is 19.3 Å². The molecule has 0 spiro atoms. The number of benzene rings is 2. The molecule has 0 heterocycles. The van der Waals surface area contributed by atoms with Gasteiger partial charge in [0.25, 0.3) is 0 Å². The molecule has 22 heavy (non-hydrogen) atoms. The summed E-state index contributed by atoms with van der Waals surface area (Å²) >= 11 is 0. The Balaban J connectivity index is 2.16. The molecule has 2 aromatic rings. The zero-order chi connectivity index (χ0) is 16.0. The second kappa shape index (κ2) is 7.33. The van der Waals surface area contributed by atoms with E-state index in [1.165, 1.54) is 21.8 Å². The monoisotopic (exact) mass is 319 g/mol. The van der Waals surface area contributed by atoms with Gasteiger partial charge in [0.1, 0.15) is 5.82 Å². The van der Waals surface area contributed by atoms with Crippen molar-refractivity contribution in [3.8, 4) is 0 Å². The number of nitrogens with zero attached hydrogens (tertiary/aromatic N) is 1. The normalized spacial score (nSPS) is 12.1. The molecule has 0 fully saturated rings. The molecule has 0 saturated heterocycles. The summed E-state index contributed by atoms with van der Waals surface area (Å²) in [5, 5.41) is 1.19. The van der Waals surface area contributed by atoms with Crippen LogP contribution in [0.3, 0.4) is 0 Å². The van der Waals surface area contributed by atoms with Crippen LogP contribution in [0.15, 0.2) is 60.0 Å². The lowest BCUT2D eigenvalue weighted by Crippen LogP contribution is -2.28. The Morgan fingerprint density at radius 3 is 2.45 bits per heavy atom. The van der Waals surface area contributed by atoms with Gasteiger partial charge in [-0.1, -0.05) is 49.4 Å². The minimum absolute atomic E-state index is 0.149. The minimum Gasteiger partial charge on any atom is -0.207 e. The van der Waals surface area contributed by atoms with Crippen LogP contribution in [0.2, 0.25) is 0 Å². The maximum atomic E-state index is 13.2. The first-order valence-corrected chi connectivity index (χ1v) is 8.49. The van der Waals surface area contributed by atoms with Gasteiger partial charge in [-0.15, -0.1) is 0 Å². The fourth-order valence-corrected chi connectivity index (χ4v) is 3.23. The topological polar surface area (TPSA) is 37.4 Å². The van der Waals surface area contributed by atoms with Crippen LogP contribution in [0.1, 0.15) is 18.1 Å². The third-order valence-corrected chi connectivity index (χ3v) is 4.78. The third-order valence-electron chi connectivity index (χ3n) is 3.19. The van der Waals surface area contributed by atoms with Crippen molar-refractivity contribution >= 4 is 16.1 Å². The fraction of sp³-hybridized carbons (Fsp3) is 0.176. The SMILES string of the molecule is CCN(Cc1cccc(F)c1)S(=O)(=O)/C=C/c1ccccc1. The van der Waals surface area contributed by atoms with Crippen LogP contribution in [0.5, 0.6) is 0 Å². The molecule has 116 valence electrons. The number of hydrogen-bond acceptors (Lipinski definition) is 2. The van der Waals surface area contributed by atoms with Gasteiger partial charge in [-0.25, -0.2) is 12.8 Å². The highest BCUT2D eigenvalue weighted by molar-refractivity contribution is 7.92. The average molecular weight is 319 g/mol. The highest BCUT2D eigenvalue weighted by atomic mass is 32.2. The highest BCUT2D eigenvalue weighted by Crippen LogP contribution is 2.13. The molecule has 0 aromatic heterocycles. The Kier molecular flexibility index (Phi) is 5.46. The molecule has 0 amide bonds. The van der Waals surface area contributed by atoms with E-state index in [-0.39, 0.29) is 12.4 Å². The van der Waals surface area contributed by atoms with E-state index in [0.717, 1.165) is 5.56 Å². The summed E-state index contributed by atoms with van der Waals surface area (Å²) in [5.74, 6) is -0.370. The Labute approximate surface area is 130 Å². The lowest BCUT2D eigenvalue weighted by molar-refractivity contribution is 0.429. The van der Waals surface area contributed by atoms with E-state index < -0.39 is 10.0 Å². The van der Waals surface area contributed by atoms with Crippen molar-refractivity contribution in [1.82, 2.24) is 4.31 Å². The molecule has 2 rings (SSSR count). The van der Waals surface area contributed by atoms with Crippen LogP contribution in [-0.2, 0) is 16.6 Å². The van der Waals surface area contributed by atoms with E-state index in [9.17, 15) is 12.8 Å². The van der Waals surface area contributed by atoms with Crippen LogP contribution >= 0.6 is 0 Å². The molecule has 0 N–H and O–H groups in total. The van der Waals surface area contributed by atoms with Crippen molar-refractivity contribution in [2.75, 3.05) is 6.54 Å². The molecule has 0 bridgehead atoms. The summed E-state index contributed by atoms with van der Waals surface area (Å²) in [7, 11) is -3.55. The number of hydrogen-bond donors (Lipinski definition) is 0. The van der Waals surface area contributed by atoms with Crippen LogP contribution in [0.25, 0.3) is 6.08 Å². The molecule has 0 atom stereocenters. The van der Waals surface area contributed by atoms with Gasteiger partial charge in [0.15, 0.2) is 0 Å². The molecule has 0 radical (unpaired) electrons. The third kappa shape index (κ3) is 4.51. The number of rotatable bonds is 6. The quantitative estimate of drug-likeness (QED) is 0.815. The van der Waals surface area contributed by atoms with E-state index >= 15 is 0 Å². The van der Waals surface area contributed by atoms with Crippen molar-refractivity contribution in [3.63, 3.8) is 0 Å². The Bertz CT molecular complexity index is 742. The summed E-state index contributed by atoms with van der Waals surface area (Å²) in [6.07, 6.45) is 1.56. The van der Waals surface area contributed by atoms with Gasteiger partial charge in [-0.3, -0.25) is 0 Å². The fourth-order valence-electron chi connectivity index (χ4n) is 2.04. The van der Waals surface area contributed by atoms with E-state index in [2.05, 4.69) is 0 Å². The van der Waals surface area contributed by atoms with Crippen molar-refractivity contribution in [1.29, 1.82) is 0 Å². The van der Waals surface area contributed by atoms with Gasteiger partial charge in [-0.2, -0.15) is 4.31 Å². The Morgan fingerprint density at radius 2 is 1.82 bits per heavy atom. The van der Waals surface area contributed by atoms with Crippen molar-refractivity contribution < 1.29 is 12.8 Å². The first-order valence-electron chi connectivity index (χ1n) is 6.99. The molecular formula is C17H18FNO2S. The maximum Gasteiger partial charge on any atom is 0.236 e. The summed E-state index contributed by atoms with van der Waals surface area (Å²) in [4.78, 5) is 0. The minimum atomic E-state index is -3.55. The zero-order valence-corrected chi connectivity index (χ0v) is 13.1. The largest absolute Gasteiger partial charge is 0.236 e. The van der Waals surface area contributed by atoms with E-state index in [1.807, 2.05) is 30.3 Å². The summed E-state index contributed by atoms with van der Waals surface area (Å²) in [6, 6.07) is 15.2. The Hall–Kier alpha value is -1.98. The first kappa shape index (κ1) is 16.4. The Morgan fingerprint density at radius 1 is 1.09 bits per heavy atom. The zero-order valence-electron chi connectivity index (χ0n) is 12.3. The summed E-state index contributed by atoms with van der Waals surface area (Å²) < 4.78 is 39.3. The van der Waals surface area contributed by atoms with Crippen LogP contribution in [0.4, 0.5) is 4.39 Å². The lowest BCUT2D eigenvalue weighted by Gasteiger charge is -2.18. The molecule has 0 aliphatic carbocycles. The van der Waals surface area contributed by atoms with Gasteiger partial charge < -0.3 is 0 Å². The van der Waals surface area contributed by atoms with E-state index in [1.54, 1.807) is 25.1 Å². The van der Waals surface area contributed by atoms with Gasteiger partial charge in [0, 0.05) is 18.5 Å². The van der Waals surface area contributed by atoms with Gasteiger partial charge in [-0.05, 0) is 29.3 Å². The van der Waals surface area contributed by atoms with Crippen molar-refractivity contribution in [2.24, 2.45) is 0 Å². The van der Waals surface area contributed by atoms with Gasteiger partial charge >= 0.3 is 0 Å². The predicted molar refractivity (Wildman–Crippen MR) is 86.9 cm³/mol. The molecule has 2 aromatic carbocycles. The van der Waals surface area contributed by atoms with E-state index in [0.29, 0.717) is 12.1 Å². The second-order valence-corrected chi connectivity index (χ2v) is 6.63. The average Bonchev–Trinajstić information content (AvgIpc) is 2.52. The maximum absolute atomic E-state index is 13.2. The summed E-state index contributed by atoms with van der Waals surface area (Å²) in [5.41, 5.74) is 1.44. The second-order valence-electron chi connectivity index (χ2n) is 4.81. The molecule has 0 aliphatic heterocycles. The predicted octanol–water partition coefficient (Wildman–Crippen LogP) is 3.65. The van der Waals surface area contributed by atoms with Crippen LogP contribution in [0, 0.1) is 5.82 Å².